The first-order valence-corrected chi connectivity index (χ1v) is 5.39. The van der Waals surface area contributed by atoms with Gasteiger partial charge in [-0.2, -0.15) is 0 Å². The first-order chi connectivity index (χ1) is 7.79. The summed E-state index contributed by atoms with van der Waals surface area (Å²) in [6.07, 6.45) is 2.07. The van der Waals surface area contributed by atoms with Gasteiger partial charge in [0.2, 0.25) is 0 Å². The Morgan fingerprint density at radius 2 is 2.18 bits per heavy atom. The fourth-order valence-electron chi connectivity index (χ4n) is 1.30. The number of carbonyl (C=O) groups excluding carboxylic acids is 1. The molecule has 0 rings (SSSR count). The Bertz CT molecular complexity index is 288. The molecule has 98 valence electrons. The second-order valence-corrected chi connectivity index (χ2v) is 4.21. The molecule has 0 aliphatic heterocycles. The van der Waals surface area contributed by atoms with Crippen molar-refractivity contribution in [1.82, 2.24) is 0 Å². The zero-order chi connectivity index (χ0) is 13.5. The van der Waals surface area contributed by atoms with Gasteiger partial charge in [-0.05, 0) is 27.2 Å². The third kappa shape index (κ3) is 6.68. The number of carbonyl (C=O) groups is 1. The molecule has 0 spiro atoms. The summed E-state index contributed by atoms with van der Waals surface area (Å²) in [5.41, 5.74) is -0.970. The third-order valence-electron chi connectivity index (χ3n) is 2.16. The molecular weight excluding hydrogens is 226 g/mol. The van der Waals surface area contributed by atoms with E-state index in [0.29, 0.717) is 12.8 Å². The van der Waals surface area contributed by atoms with Crippen LogP contribution in [0.2, 0.25) is 0 Å². The summed E-state index contributed by atoms with van der Waals surface area (Å²) in [5, 5.41) is 9.11. The van der Waals surface area contributed by atoms with E-state index in [1.165, 1.54) is 0 Å². The summed E-state index contributed by atoms with van der Waals surface area (Å²) in [7, 11) is 0. The first-order valence-electron chi connectivity index (χ1n) is 5.39. The lowest BCUT2D eigenvalue weighted by atomic mass is 9.99. The lowest BCUT2D eigenvalue weighted by Crippen LogP contribution is -2.39. The van der Waals surface area contributed by atoms with Crippen molar-refractivity contribution in [1.29, 1.82) is 0 Å². The Kier molecular flexibility index (Phi) is 6.42. The fourth-order valence-corrected chi connectivity index (χ4v) is 1.30. The van der Waals surface area contributed by atoms with E-state index < -0.39 is 16.8 Å². The molecule has 0 aliphatic carbocycles. The molecule has 0 aromatic heterocycles. The third-order valence-corrected chi connectivity index (χ3v) is 2.16. The number of Topliss-reactive ketones (excluding diaryl/α,β-unsaturated/α-hetero) is 1. The van der Waals surface area contributed by atoms with E-state index in [-0.39, 0.29) is 12.4 Å². The molecule has 6 nitrogen and oxygen atoms in total. The van der Waals surface area contributed by atoms with Crippen molar-refractivity contribution in [2.24, 2.45) is 0 Å². The molecule has 0 saturated carbocycles. The van der Waals surface area contributed by atoms with Crippen LogP contribution in [-0.2, 0) is 14.4 Å². The van der Waals surface area contributed by atoms with Gasteiger partial charge in [-0.1, -0.05) is 6.08 Å². The Hall–Kier alpha value is -1.43. The van der Waals surface area contributed by atoms with Crippen molar-refractivity contribution < 1.29 is 19.5 Å². The van der Waals surface area contributed by atoms with Gasteiger partial charge in [0.1, 0.15) is 12.2 Å². The lowest BCUT2D eigenvalue weighted by molar-refractivity contribution is -0.759. The lowest BCUT2D eigenvalue weighted by Gasteiger charge is -2.27. The molecule has 0 heterocycles. The molecule has 0 aliphatic rings. The number of nitrogens with zero attached hydrogens (tertiary/aromatic N) is 1. The highest BCUT2D eigenvalue weighted by molar-refractivity contribution is 5.86. The average molecular weight is 245 g/mol. The monoisotopic (exact) mass is 245 g/mol. The summed E-state index contributed by atoms with van der Waals surface area (Å²) in [6.45, 7) is 8.24. The van der Waals surface area contributed by atoms with Crippen molar-refractivity contribution in [3.05, 3.63) is 22.8 Å². The number of ketones is 1. The summed E-state index contributed by atoms with van der Waals surface area (Å²) in [5.74, 6) is -0.0645. The quantitative estimate of drug-likeness (QED) is 0.352. The summed E-state index contributed by atoms with van der Waals surface area (Å²) in [4.78, 5) is 25.9. The van der Waals surface area contributed by atoms with Crippen LogP contribution in [0.4, 0.5) is 0 Å². The van der Waals surface area contributed by atoms with Gasteiger partial charge in [0.25, 0.3) is 5.09 Å². The zero-order valence-electron chi connectivity index (χ0n) is 10.5. The number of ether oxygens (including phenoxy) is 1. The number of hydrogen-bond donors (Lipinski definition) is 0. The van der Waals surface area contributed by atoms with Crippen LogP contribution in [0.3, 0.4) is 0 Å². The van der Waals surface area contributed by atoms with Crippen LogP contribution in [0, 0.1) is 10.1 Å². The van der Waals surface area contributed by atoms with Gasteiger partial charge in [-0.15, -0.1) is 16.7 Å². The molecule has 0 bridgehead atoms. The van der Waals surface area contributed by atoms with E-state index in [2.05, 4.69) is 11.4 Å². The van der Waals surface area contributed by atoms with E-state index in [1.807, 2.05) is 0 Å². The van der Waals surface area contributed by atoms with E-state index >= 15 is 0 Å². The predicted molar refractivity (Wildman–Crippen MR) is 62.0 cm³/mol. The first kappa shape index (κ1) is 15.6. The van der Waals surface area contributed by atoms with E-state index in [4.69, 9.17) is 4.74 Å². The Morgan fingerprint density at radius 3 is 2.65 bits per heavy atom. The predicted octanol–water partition coefficient (Wildman–Crippen LogP) is 1.91. The van der Waals surface area contributed by atoms with Crippen molar-refractivity contribution in [3.63, 3.8) is 0 Å². The normalized spacial score (nSPS) is 12.9. The van der Waals surface area contributed by atoms with E-state index in [1.54, 1.807) is 26.8 Å². The van der Waals surface area contributed by atoms with Crippen molar-refractivity contribution in [3.8, 4) is 0 Å². The number of hydrogen-bond acceptors (Lipinski definition) is 5. The van der Waals surface area contributed by atoms with Crippen molar-refractivity contribution in [2.45, 2.75) is 45.3 Å². The maximum atomic E-state index is 11.7. The summed E-state index contributed by atoms with van der Waals surface area (Å²) >= 11 is 0. The molecule has 0 amide bonds. The molecule has 0 N–H and O–H groups in total. The van der Waals surface area contributed by atoms with Crippen LogP contribution < -0.4 is 0 Å². The molecule has 17 heavy (non-hydrogen) atoms. The van der Waals surface area contributed by atoms with Gasteiger partial charge in [-0.3, -0.25) is 4.79 Å². The van der Waals surface area contributed by atoms with Crippen LogP contribution >= 0.6 is 0 Å². The van der Waals surface area contributed by atoms with Gasteiger partial charge in [0.15, 0.2) is 5.78 Å². The largest absolute Gasteiger partial charge is 0.363 e. The summed E-state index contributed by atoms with van der Waals surface area (Å²) < 4.78 is 5.43. The highest BCUT2D eigenvalue weighted by atomic mass is 17.0. The SMILES string of the molecule is C=CCCC(=O)C(C)(C)OC(C)CO[N+](=O)[O-]. The molecule has 0 aromatic carbocycles. The van der Waals surface area contributed by atoms with Crippen molar-refractivity contribution >= 4 is 5.78 Å². The standard InChI is InChI=1S/C11H19NO5/c1-5-6-7-10(13)11(3,4)17-9(2)8-16-12(14)15/h5,9H,1,6-8H2,2-4H3. The molecule has 6 heteroatoms. The Morgan fingerprint density at radius 1 is 1.59 bits per heavy atom. The second kappa shape index (κ2) is 7.01. The number of allylic oxidation sites excluding steroid dienone is 1. The highest BCUT2D eigenvalue weighted by Crippen LogP contribution is 2.17. The summed E-state index contributed by atoms with van der Waals surface area (Å²) in [6, 6.07) is 0. The van der Waals surface area contributed by atoms with Gasteiger partial charge in [0.05, 0.1) is 6.10 Å². The molecule has 0 aromatic rings. The van der Waals surface area contributed by atoms with Crippen molar-refractivity contribution in [2.75, 3.05) is 6.61 Å². The zero-order valence-corrected chi connectivity index (χ0v) is 10.5. The second-order valence-electron chi connectivity index (χ2n) is 4.21. The minimum absolute atomic E-state index is 0.0645. The molecular formula is C11H19NO5. The van der Waals surface area contributed by atoms with Crippen LogP contribution in [0.25, 0.3) is 0 Å². The minimum Gasteiger partial charge on any atom is -0.363 e. The molecule has 0 saturated heterocycles. The average Bonchev–Trinajstić information content (AvgIpc) is 2.22. The molecule has 1 unspecified atom stereocenters. The number of rotatable bonds is 9. The van der Waals surface area contributed by atoms with Crippen LogP contribution in [-0.4, -0.2) is 29.2 Å². The molecule has 1 atom stereocenters. The smallest absolute Gasteiger partial charge is 0.294 e. The van der Waals surface area contributed by atoms with Gasteiger partial charge < -0.3 is 9.57 Å². The minimum atomic E-state index is -0.970. The van der Waals surface area contributed by atoms with Crippen LogP contribution in [0.1, 0.15) is 33.6 Å². The molecule has 0 fully saturated rings. The highest BCUT2D eigenvalue weighted by Gasteiger charge is 2.29. The topological polar surface area (TPSA) is 78.7 Å². The van der Waals surface area contributed by atoms with E-state index in [0.717, 1.165) is 0 Å². The Balaban J connectivity index is 4.17. The Labute approximate surface area is 101 Å². The maximum Gasteiger partial charge on any atom is 0.294 e. The van der Waals surface area contributed by atoms with Gasteiger partial charge in [0, 0.05) is 6.42 Å². The van der Waals surface area contributed by atoms with Crippen LogP contribution in [0.15, 0.2) is 12.7 Å². The fraction of sp³-hybridized carbons (Fsp3) is 0.727. The molecule has 0 radical (unpaired) electrons. The van der Waals surface area contributed by atoms with E-state index in [9.17, 15) is 14.9 Å². The van der Waals surface area contributed by atoms with Gasteiger partial charge >= 0.3 is 0 Å². The van der Waals surface area contributed by atoms with Gasteiger partial charge in [-0.25, -0.2) is 0 Å². The van der Waals surface area contributed by atoms with Crippen LogP contribution in [0.5, 0.6) is 0 Å². The maximum absolute atomic E-state index is 11.7.